The molecule has 4 aromatic rings. The van der Waals surface area contributed by atoms with E-state index in [2.05, 4.69) is 94.9 Å². The summed E-state index contributed by atoms with van der Waals surface area (Å²) in [6.07, 6.45) is 3.96. The fourth-order valence-corrected chi connectivity index (χ4v) is 5.65. The molecule has 0 bridgehead atoms. The standard InChI is InChI=1S/C31H33N5O/c1-21(37)36-17-13-24-18-22(5-11-31(24)36)23-4-10-29-28(19-23)30(12-15-32-29)33-25-6-8-26(9-7-25)35-16-14-27(20-35)34(2)3/h4-12,15,18-19,27H,13-14,16-17,20H2,1-3H3,(H,32,33). The van der Waals surface area contributed by atoms with Crippen molar-refractivity contribution < 1.29 is 4.79 Å². The number of benzene rings is 3. The van der Waals surface area contributed by atoms with Gasteiger partial charge in [0.25, 0.3) is 0 Å². The second-order valence-corrected chi connectivity index (χ2v) is 10.4. The molecule has 0 aliphatic carbocycles. The lowest BCUT2D eigenvalue weighted by Gasteiger charge is -2.22. The van der Waals surface area contributed by atoms with E-state index in [4.69, 9.17) is 0 Å². The Kier molecular flexibility index (Phi) is 6.05. The third-order valence-corrected chi connectivity index (χ3v) is 7.84. The Bertz CT molecular complexity index is 1460. The van der Waals surface area contributed by atoms with Gasteiger partial charge < -0.3 is 20.0 Å². The van der Waals surface area contributed by atoms with Gasteiger partial charge in [0.1, 0.15) is 0 Å². The van der Waals surface area contributed by atoms with Crippen LogP contribution in [0.2, 0.25) is 0 Å². The van der Waals surface area contributed by atoms with Gasteiger partial charge in [-0.3, -0.25) is 9.78 Å². The van der Waals surface area contributed by atoms with Crippen molar-refractivity contribution >= 4 is 39.6 Å². The molecule has 6 nitrogen and oxygen atoms in total. The molecule has 6 heteroatoms. The minimum atomic E-state index is 0.102. The van der Waals surface area contributed by atoms with Crippen LogP contribution in [0, 0.1) is 0 Å². The summed E-state index contributed by atoms with van der Waals surface area (Å²) in [7, 11) is 4.33. The molecule has 3 aromatic carbocycles. The molecule has 0 saturated carbocycles. The second kappa shape index (κ2) is 9.52. The smallest absolute Gasteiger partial charge is 0.223 e. The topological polar surface area (TPSA) is 51.7 Å². The molecule has 6 rings (SSSR count). The van der Waals surface area contributed by atoms with E-state index in [0.717, 1.165) is 65.1 Å². The number of rotatable bonds is 5. The number of carbonyl (C=O) groups excluding carboxylic acids is 1. The van der Waals surface area contributed by atoms with E-state index in [1.165, 1.54) is 17.7 Å². The monoisotopic (exact) mass is 491 g/mol. The zero-order chi connectivity index (χ0) is 25.5. The number of amides is 1. The maximum absolute atomic E-state index is 11.9. The molecule has 1 aromatic heterocycles. The maximum atomic E-state index is 11.9. The lowest BCUT2D eigenvalue weighted by atomic mass is 9.99. The first kappa shape index (κ1) is 23.5. The van der Waals surface area contributed by atoms with E-state index in [1.807, 2.05) is 17.2 Å². The zero-order valence-electron chi connectivity index (χ0n) is 21.7. The van der Waals surface area contributed by atoms with Gasteiger partial charge in [-0.05, 0) is 98.2 Å². The lowest BCUT2D eigenvalue weighted by molar-refractivity contribution is -0.116. The molecule has 0 radical (unpaired) electrons. The summed E-state index contributed by atoms with van der Waals surface area (Å²) in [6.45, 7) is 4.57. The molecule has 2 aliphatic rings. The highest BCUT2D eigenvalue weighted by Crippen LogP contribution is 2.35. The summed E-state index contributed by atoms with van der Waals surface area (Å²) in [6, 6.07) is 24.2. The number of nitrogens with zero attached hydrogens (tertiary/aromatic N) is 4. The van der Waals surface area contributed by atoms with Crippen LogP contribution in [0.3, 0.4) is 0 Å². The fraction of sp³-hybridized carbons (Fsp3) is 0.290. The Morgan fingerprint density at radius 2 is 1.76 bits per heavy atom. The predicted molar refractivity (Wildman–Crippen MR) is 153 cm³/mol. The van der Waals surface area contributed by atoms with E-state index in [-0.39, 0.29) is 5.91 Å². The summed E-state index contributed by atoms with van der Waals surface area (Å²) >= 11 is 0. The van der Waals surface area contributed by atoms with Crippen LogP contribution in [-0.4, -0.2) is 55.6 Å². The van der Waals surface area contributed by atoms with E-state index >= 15 is 0 Å². The quantitative estimate of drug-likeness (QED) is 0.388. The number of hydrogen-bond acceptors (Lipinski definition) is 5. The molecule has 188 valence electrons. The minimum Gasteiger partial charge on any atom is -0.370 e. The van der Waals surface area contributed by atoms with Crippen molar-refractivity contribution in [2.45, 2.75) is 25.8 Å². The van der Waals surface area contributed by atoms with Gasteiger partial charge >= 0.3 is 0 Å². The van der Waals surface area contributed by atoms with Crippen LogP contribution in [0.15, 0.2) is 72.9 Å². The Morgan fingerprint density at radius 1 is 0.973 bits per heavy atom. The Labute approximate surface area is 218 Å². The van der Waals surface area contributed by atoms with Gasteiger partial charge in [-0.2, -0.15) is 0 Å². The summed E-state index contributed by atoms with van der Waals surface area (Å²) in [5.41, 5.74) is 8.91. The highest BCUT2D eigenvalue weighted by molar-refractivity contribution is 5.97. The number of hydrogen-bond donors (Lipinski definition) is 1. The Balaban J connectivity index is 1.25. The SMILES string of the molecule is CC(=O)N1CCc2cc(-c3ccc4nccc(Nc5ccc(N6CCC(N(C)C)C6)cc5)c4c3)ccc21. The van der Waals surface area contributed by atoms with Gasteiger partial charge in [0.15, 0.2) is 0 Å². The summed E-state index contributed by atoms with van der Waals surface area (Å²) in [4.78, 5) is 23.2. The van der Waals surface area contributed by atoms with Gasteiger partial charge in [0, 0.05) is 66.9 Å². The van der Waals surface area contributed by atoms with Crippen molar-refractivity contribution in [3.8, 4) is 11.1 Å². The van der Waals surface area contributed by atoms with Crippen molar-refractivity contribution in [1.82, 2.24) is 9.88 Å². The van der Waals surface area contributed by atoms with Crippen molar-refractivity contribution in [3.05, 3.63) is 78.5 Å². The molecule has 37 heavy (non-hydrogen) atoms. The van der Waals surface area contributed by atoms with E-state index in [1.54, 1.807) is 6.92 Å². The maximum Gasteiger partial charge on any atom is 0.223 e. The molecule has 1 N–H and O–H groups in total. The van der Waals surface area contributed by atoms with Crippen molar-refractivity contribution in [3.63, 3.8) is 0 Å². The molecular weight excluding hydrogens is 458 g/mol. The molecule has 2 aliphatic heterocycles. The summed E-state index contributed by atoms with van der Waals surface area (Å²) in [5.74, 6) is 0.102. The number of nitrogens with one attached hydrogen (secondary N) is 1. The molecule has 1 amide bonds. The molecule has 1 saturated heterocycles. The van der Waals surface area contributed by atoms with Crippen LogP contribution >= 0.6 is 0 Å². The fourth-order valence-electron chi connectivity index (χ4n) is 5.65. The number of aromatic nitrogens is 1. The molecule has 3 heterocycles. The lowest BCUT2D eigenvalue weighted by Crippen LogP contribution is -2.31. The molecule has 1 atom stereocenters. The van der Waals surface area contributed by atoms with Gasteiger partial charge in [0.2, 0.25) is 5.91 Å². The number of anilines is 4. The van der Waals surface area contributed by atoms with Crippen molar-refractivity contribution in [2.24, 2.45) is 0 Å². The molecule has 1 fully saturated rings. The summed E-state index contributed by atoms with van der Waals surface area (Å²) in [5, 5.41) is 4.71. The van der Waals surface area contributed by atoms with E-state index < -0.39 is 0 Å². The zero-order valence-corrected chi connectivity index (χ0v) is 21.7. The predicted octanol–water partition coefficient (Wildman–Crippen LogP) is 5.69. The number of pyridine rings is 1. The van der Waals surface area contributed by atoms with Crippen LogP contribution in [0.5, 0.6) is 0 Å². The first-order valence-electron chi connectivity index (χ1n) is 13.0. The molecule has 0 spiro atoms. The van der Waals surface area contributed by atoms with E-state index in [9.17, 15) is 4.79 Å². The highest BCUT2D eigenvalue weighted by Gasteiger charge is 2.24. The van der Waals surface area contributed by atoms with Crippen LogP contribution < -0.4 is 15.1 Å². The van der Waals surface area contributed by atoms with Gasteiger partial charge in [-0.15, -0.1) is 0 Å². The van der Waals surface area contributed by atoms with Gasteiger partial charge in [0.05, 0.1) is 5.52 Å². The van der Waals surface area contributed by atoms with Crippen LogP contribution in [-0.2, 0) is 11.2 Å². The highest BCUT2D eigenvalue weighted by atomic mass is 16.2. The number of carbonyl (C=O) groups is 1. The Morgan fingerprint density at radius 3 is 2.51 bits per heavy atom. The molecule has 1 unspecified atom stereocenters. The number of likely N-dealkylation sites (N-methyl/N-ethyl adjacent to an activating group) is 1. The minimum absolute atomic E-state index is 0.102. The first-order valence-corrected chi connectivity index (χ1v) is 13.0. The van der Waals surface area contributed by atoms with Gasteiger partial charge in [-0.25, -0.2) is 0 Å². The molecular formula is C31H33N5O. The first-order chi connectivity index (χ1) is 18.0. The Hall–Kier alpha value is -3.90. The van der Waals surface area contributed by atoms with Gasteiger partial charge in [-0.1, -0.05) is 12.1 Å². The largest absolute Gasteiger partial charge is 0.370 e. The second-order valence-electron chi connectivity index (χ2n) is 10.4. The van der Waals surface area contributed by atoms with Crippen LogP contribution in [0.25, 0.3) is 22.0 Å². The summed E-state index contributed by atoms with van der Waals surface area (Å²) < 4.78 is 0. The third kappa shape index (κ3) is 4.53. The average Bonchev–Trinajstić information content (AvgIpc) is 3.57. The normalized spacial score (nSPS) is 17.0. The number of fused-ring (bicyclic) bond motifs is 2. The van der Waals surface area contributed by atoms with E-state index in [0.29, 0.717) is 6.04 Å². The van der Waals surface area contributed by atoms with Crippen LogP contribution in [0.1, 0.15) is 18.9 Å². The van der Waals surface area contributed by atoms with Crippen molar-refractivity contribution in [1.29, 1.82) is 0 Å². The third-order valence-electron chi connectivity index (χ3n) is 7.84. The van der Waals surface area contributed by atoms with Crippen LogP contribution in [0.4, 0.5) is 22.7 Å². The average molecular weight is 492 g/mol. The van der Waals surface area contributed by atoms with Crippen molar-refractivity contribution in [2.75, 3.05) is 48.8 Å².